The van der Waals surface area contributed by atoms with Crippen molar-refractivity contribution in [2.24, 2.45) is 0 Å². The second kappa shape index (κ2) is 8.09. The molecule has 0 amide bonds. The van der Waals surface area contributed by atoms with Crippen molar-refractivity contribution in [1.29, 1.82) is 0 Å². The maximum absolute atomic E-state index is 13.0. The fourth-order valence-corrected chi connectivity index (χ4v) is 4.12. The Morgan fingerprint density at radius 3 is 2.59 bits per heavy atom. The van der Waals surface area contributed by atoms with Crippen LogP contribution in [0.15, 0.2) is 24.3 Å². The summed E-state index contributed by atoms with van der Waals surface area (Å²) < 4.78 is 29.7. The first-order valence-electron chi connectivity index (χ1n) is 7.65. The van der Waals surface area contributed by atoms with E-state index in [1.165, 1.54) is 0 Å². The van der Waals surface area contributed by atoms with E-state index in [9.17, 15) is 9.67 Å². The molecule has 1 fully saturated rings. The van der Waals surface area contributed by atoms with E-state index >= 15 is 0 Å². The van der Waals surface area contributed by atoms with Gasteiger partial charge >= 0.3 is 7.60 Å². The van der Waals surface area contributed by atoms with Gasteiger partial charge in [-0.3, -0.25) is 4.57 Å². The Hall–Kier alpha value is -0.910. The highest BCUT2D eigenvalue weighted by molar-refractivity contribution is 7.62. The van der Waals surface area contributed by atoms with Gasteiger partial charge in [0.15, 0.2) is 0 Å². The van der Waals surface area contributed by atoms with Crippen molar-refractivity contribution < 1.29 is 23.5 Å². The van der Waals surface area contributed by atoms with E-state index in [-0.39, 0.29) is 19.3 Å². The van der Waals surface area contributed by atoms with Crippen molar-refractivity contribution in [2.45, 2.75) is 32.5 Å². The highest BCUT2D eigenvalue weighted by atomic mass is 31.2. The third-order valence-corrected chi connectivity index (χ3v) is 5.58. The van der Waals surface area contributed by atoms with E-state index in [0.29, 0.717) is 24.0 Å². The summed E-state index contributed by atoms with van der Waals surface area (Å²) in [5.74, 6) is 0.443. The molecule has 1 aromatic rings. The van der Waals surface area contributed by atoms with Crippen LogP contribution in [0.4, 0.5) is 0 Å². The number of nitrogens with one attached hydrogen (secondary N) is 1. The number of aliphatic hydroxyl groups excluding tert-OH is 1. The van der Waals surface area contributed by atoms with Gasteiger partial charge in [-0.1, -0.05) is 12.1 Å². The lowest BCUT2D eigenvalue weighted by atomic mass is 10.1. The fraction of sp³-hybridized carbons (Fsp3) is 0.600. The van der Waals surface area contributed by atoms with E-state index < -0.39 is 13.7 Å². The number of β-amino-alcohol motifs (C(OH)–C–C–N with tert-alkyl or cyclic N) is 1. The summed E-state index contributed by atoms with van der Waals surface area (Å²) in [5, 5.41) is 13.5. The first kappa shape index (κ1) is 17.4. The zero-order chi connectivity index (χ0) is 16.0. The second-order valence-electron chi connectivity index (χ2n) is 5.02. The average molecular weight is 329 g/mol. The maximum Gasteiger partial charge on any atom is 0.365 e. The van der Waals surface area contributed by atoms with E-state index in [1.54, 1.807) is 38.1 Å². The fourth-order valence-electron chi connectivity index (χ4n) is 2.42. The molecule has 2 unspecified atom stereocenters. The molecule has 0 bridgehead atoms. The van der Waals surface area contributed by atoms with Crippen LogP contribution in [0.5, 0.6) is 5.75 Å². The Bertz CT molecular complexity index is 514. The molecule has 124 valence electrons. The molecule has 1 aliphatic rings. The van der Waals surface area contributed by atoms with Gasteiger partial charge in [0.25, 0.3) is 0 Å². The van der Waals surface area contributed by atoms with Gasteiger partial charge in [-0.25, -0.2) is 0 Å². The third-order valence-electron chi connectivity index (χ3n) is 3.43. The van der Waals surface area contributed by atoms with Crippen molar-refractivity contribution in [3.8, 4) is 5.75 Å². The van der Waals surface area contributed by atoms with Crippen molar-refractivity contribution in [3.05, 3.63) is 24.3 Å². The summed E-state index contributed by atoms with van der Waals surface area (Å²) in [5.41, 5.74) is 0. The van der Waals surface area contributed by atoms with Crippen LogP contribution >= 0.6 is 7.60 Å². The quantitative estimate of drug-likeness (QED) is 0.741. The minimum absolute atomic E-state index is 0.279. The molecule has 0 aliphatic carbocycles. The van der Waals surface area contributed by atoms with Crippen molar-refractivity contribution >= 4 is 12.9 Å². The van der Waals surface area contributed by atoms with Gasteiger partial charge in [-0.15, -0.1) is 0 Å². The monoisotopic (exact) mass is 329 g/mol. The number of hydrogen-bond acceptors (Lipinski definition) is 6. The van der Waals surface area contributed by atoms with Gasteiger partial charge < -0.3 is 24.2 Å². The summed E-state index contributed by atoms with van der Waals surface area (Å²) in [6.07, 6.45) is -0.247. The molecule has 1 aromatic carbocycles. The highest BCUT2D eigenvalue weighted by Crippen LogP contribution is 2.49. The topological polar surface area (TPSA) is 77.0 Å². The van der Waals surface area contributed by atoms with Crippen LogP contribution in [0.2, 0.25) is 0 Å². The Labute approximate surface area is 131 Å². The van der Waals surface area contributed by atoms with Gasteiger partial charge in [-0.05, 0) is 38.9 Å². The minimum atomic E-state index is -3.42. The van der Waals surface area contributed by atoms with Crippen LogP contribution in [-0.4, -0.2) is 43.6 Å². The average Bonchev–Trinajstić information content (AvgIpc) is 2.50. The number of piperidine rings is 1. The molecule has 6 nitrogen and oxygen atoms in total. The predicted octanol–water partition coefficient (Wildman–Crippen LogP) is 1.68. The molecular formula is C15H24NO5P. The number of hydrogen-bond donors (Lipinski definition) is 2. The van der Waals surface area contributed by atoms with Crippen LogP contribution < -0.4 is 15.4 Å². The summed E-state index contributed by atoms with van der Waals surface area (Å²) in [4.78, 5) is 0. The van der Waals surface area contributed by atoms with Crippen LogP contribution in [0.25, 0.3) is 0 Å². The second-order valence-corrected chi connectivity index (χ2v) is 7.01. The lowest BCUT2D eigenvalue weighted by Gasteiger charge is -2.30. The maximum atomic E-state index is 13.0. The molecule has 2 N–H and O–H groups in total. The van der Waals surface area contributed by atoms with Crippen molar-refractivity contribution in [1.82, 2.24) is 5.32 Å². The predicted molar refractivity (Wildman–Crippen MR) is 84.8 cm³/mol. The number of rotatable bonds is 7. The van der Waals surface area contributed by atoms with Gasteiger partial charge in [0.1, 0.15) is 23.3 Å². The zero-order valence-electron chi connectivity index (χ0n) is 13.0. The summed E-state index contributed by atoms with van der Waals surface area (Å²) >= 11 is 0. The van der Waals surface area contributed by atoms with Gasteiger partial charge in [0, 0.05) is 6.54 Å². The smallest absolute Gasteiger partial charge is 0.365 e. The largest absolute Gasteiger partial charge is 0.487 e. The molecular weight excluding hydrogens is 305 g/mol. The first-order valence-corrected chi connectivity index (χ1v) is 9.19. The minimum Gasteiger partial charge on any atom is -0.487 e. The van der Waals surface area contributed by atoms with Crippen LogP contribution in [-0.2, 0) is 13.6 Å². The van der Waals surface area contributed by atoms with E-state index in [2.05, 4.69) is 5.32 Å². The molecule has 22 heavy (non-hydrogen) atoms. The number of aliphatic hydroxyl groups is 1. The van der Waals surface area contributed by atoms with Crippen LogP contribution in [0.3, 0.4) is 0 Å². The van der Waals surface area contributed by atoms with E-state index in [1.807, 2.05) is 0 Å². The Balaban J connectivity index is 2.27. The normalized spacial score (nSPS) is 22.5. The molecule has 2 rings (SSSR count). The number of ether oxygens (including phenoxy) is 1. The summed E-state index contributed by atoms with van der Waals surface area (Å²) in [6, 6.07) is 6.99. The molecule has 1 aliphatic heterocycles. The molecule has 0 aromatic heterocycles. The van der Waals surface area contributed by atoms with E-state index in [4.69, 9.17) is 13.8 Å². The molecule has 0 saturated carbocycles. The third kappa shape index (κ3) is 4.09. The molecule has 0 spiro atoms. The lowest BCUT2D eigenvalue weighted by molar-refractivity contribution is 0.0167. The van der Waals surface area contributed by atoms with Crippen LogP contribution in [0, 0.1) is 0 Å². The molecule has 1 heterocycles. The summed E-state index contributed by atoms with van der Waals surface area (Å²) in [6.45, 7) is 5.36. The standard InChI is InChI=1S/C15H24NO5P/c1-3-19-22(18,20-4-2)15-8-6-5-7-14(15)21-13-9-10-16-11-12(13)17/h5-8,12-13,16-17H,3-4,9-11H2,1-2H3. The van der Waals surface area contributed by atoms with Gasteiger partial charge in [0.2, 0.25) is 0 Å². The van der Waals surface area contributed by atoms with E-state index in [0.717, 1.165) is 6.54 Å². The Morgan fingerprint density at radius 2 is 1.95 bits per heavy atom. The number of para-hydroxylation sites is 1. The molecule has 0 radical (unpaired) electrons. The Kier molecular flexibility index (Phi) is 6.41. The van der Waals surface area contributed by atoms with Gasteiger partial charge in [0.05, 0.1) is 13.2 Å². The van der Waals surface area contributed by atoms with Crippen LogP contribution in [0.1, 0.15) is 20.3 Å². The first-order chi connectivity index (χ1) is 10.6. The Morgan fingerprint density at radius 1 is 1.27 bits per heavy atom. The molecule has 1 saturated heterocycles. The summed E-state index contributed by atoms with van der Waals surface area (Å²) in [7, 11) is -3.42. The lowest BCUT2D eigenvalue weighted by Crippen LogP contribution is -2.47. The van der Waals surface area contributed by atoms with Crippen molar-refractivity contribution in [3.63, 3.8) is 0 Å². The number of benzene rings is 1. The SMILES string of the molecule is CCOP(=O)(OCC)c1ccccc1OC1CCNCC1O. The van der Waals surface area contributed by atoms with Gasteiger partial charge in [-0.2, -0.15) is 0 Å². The molecule has 7 heteroatoms. The highest BCUT2D eigenvalue weighted by Gasteiger charge is 2.32. The molecule has 2 atom stereocenters. The zero-order valence-corrected chi connectivity index (χ0v) is 13.9. The van der Waals surface area contributed by atoms with Crippen molar-refractivity contribution in [2.75, 3.05) is 26.3 Å².